The molecule has 0 spiro atoms. The zero-order chi connectivity index (χ0) is 18.2. The molecule has 5 rings (SSSR count). The average molecular weight is 362 g/mol. The standard InChI is InChI=1S/C19H22N8/c1-2-26-13-22-17-18(26)20-12-21-19(17)27-9-7-25(8-10-27)11-16-23-14-5-3-4-6-15(14)24-16/h3-6,12-13H,2,7-11H2,1H3,(H,23,24). The van der Waals surface area contributed by atoms with Crippen LogP contribution in [0.25, 0.3) is 22.2 Å². The van der Waals surface area contributed by atoms with Crippen LogP contribution in [0.3, 0.4) is 0 Å². The number of benzene rings is 1. The number of hydrogen-bond donors (Lipinski definition) is 1. The van der Waals surface area contributed by atoms with E-state index in [4.69, 9.17) is 4.98 Å². The van der Waals surface area contributed by atoms with Gasteiger partial charge in [-0.1, -0.05) is 12.1 Å². The Kier molecular flexibility index (Phi) is 3.97. The summed E-state index contributed by atoms with van der Waals surface area (Å²) in [5, 5.41) is 0. The topological polar surface area (TPSA) is 78.8 Å². The number of aromatic amines is 1. The van der Waals surface area contributed by atoms with Crippen molar-refractivity contribution in [3.05, 3.63) is 42.7 Å². The summed E-state index contributed by atoms with van der Waals surface area (Å²) in [4.78, 5) is 26.3. The quantitative estimate of drug-likeness (QED) is 0.599. The molecule has 27 heavy (non-hydrogen) atoms. The Morgan fingerprint density at radius 2 is 1.89 bits per heavy atom. The summed E-state index contributed by atoms with van der Waals surface area (Å²) in [5.41, 5.74) is 3.93. The molecule has 1 saturated heterocycles. The number of hydrogen-bond acceptors (Lipinski definition) is 6. The third-order valence-corrected chi connectivity index (χ3v) is 5.21. The molecule has 1 aliphatic rings. The van der Waals surface area contributed by atoms with Gasteiger partial charge in [-0.3, -0.25) is 4.90 Å². The fourth-order valence-electron chi connectivity index (χ4n) is 3.74. The number of anilines is 1. The van der Waals surface area contributed by atoms with Crippen LogP contribution in [0.15, 0.2) is 36.9 Å². The van der Waals surface area contributed by atoms with Crippen molar-refractivity contribution in [1.29, 1.82) is 0 Å². The monoisotopic (exact) mass is 362 g/mol. The molecule has 8 nitrogen and oxygen atoms in total. The predicted octanol–water partition coefficient (Wildman–Crippen LogP) is 2.04. The van der Waals surface area contributed by atoms with Gasteiger partial charge in [0.2, 0.25) is 0 Å². The molecule has 0 unspecified atom stereocenters. The molecule has 3 aromatic heterocycles. The fourth-order valence-corrected chi connectivity index (χ4v) is 3.74. The van der Waals surface area contributed by atoms with E-state index < -0.39 is 0 Å². The summed E-state index contributed by atoms with van der Waals surface area (Å²) in [5.74, 6) is 1.96. The van der Waals surface area contributed by atoms with E-state index in [2.05, 4.69) is 47.3 Å². The fraction of sp³-hybridized carbons (Fsp3) is 0.368. The van der Waals surface area contributed by atoms with E-state index in [0.717, 1.165) is 73.1 Å². The Hall–Kier alpha value is -3.00. The zero-order valence-corrected chi connectivity index (χ0v) is 15.3. The average Bonchev–Trinajstić information content (AvgIpc) is 3.31. The van der Waals surface area contributed by atoms with Crippen LogP contribution in [-0.2, 0) is 13.1 Å². The first-order valence-corrected chi connectivity index (χ1v) is 9.38. The van der Waals surface area contributed by atoms with Gasteiger partial charge in [0.25, 0.3) is 0 Å². The molecule has 8 heteroatoms. The third kappa shape index (κ3) is 2.91. The van der Waals surface area contributed by atoms with Gasteiger partial charge in [-0.15, -0.1) is 0 Å². The van der Waals surface area contributed by atoms with Gasteiger partial charge in [-0.05, 0) is 19.1 Å². The molecule has 1 aliphatic heterocycles. The molecule has 1 N–H and O–H groups in total. The van der Waals surface area contributed by atoms with Gasteiger partial charge in [0.15, 0.2) is 17.0 Å². The minimum atomic E-state index is 0.839. The van der Waals surface area contributed by atoms with Gasteiger partial charge >= 0.3 is 0 Å². The van der Waals surface area contributed by atoms with Crippen molar-refractivity contribution in [3.63, 3.8) is 0 Å². The van der Waals surface area contributed by atoms with E-state index in [1.54, 1.807) is 6.33 Å². The molecule has 0 atom stereocenters. The molecular formula is C19H22N8. The second-order valence-electron chi connectivity index (χ2n) is 6.86. The molecule has 0 bridgehead atoms. The number of nitrogens with one attached hydrogen (secondary N) is 1. The Morgan fingerprint density at radius 1 is 1.04 bits per heavy atom. The van der Waals surface area contributed by atoms with Crippen LogP contribution >= 0.6 is 0 Å². The molecular weight excluding hydrogens is 340 g/mol. The van der Waals surface area contributed by atoms with Crippen LogP contribution in [-0.4, -0.2) is 60.6 Å². The van der Waals surface area contributed by atoms with Crippen LogP contribution in [0, 0.1) is 0 Å². The maximum Gasteiger partial charge on any atom is 0.165 e. The van der Waals surface area contributed by atoms with Crippen molar-refractivity contribution < 1.29 is 0 Å². The number of aryl methyl sites for hydroxylation is 1. The Morgan fingerprint density at radius 3 is 2.70 bits per heavy atom. The van der Waals surface area contributed by atoms with E-state index in [1.807, 2.05) is 24.5 Å². The van der Waals surface area contributed by atoms with Gasteiger partial charge in [0.05, 0.1) is 23.9 Å². The highest BCUT2D eigenvalue weighted by Crippen LogP contribution is 2.23. The van der Waals surface area contributed by atoms with Crippen LogP contribution in [0.5, 0.6) is 0 Å². The van der Waals surface area contributed by atoms with Gasteiger partial charge < -0.3 is 14.5 Å². The van der Waals surface area contributed by atoms with Crippen LogP contribution < -0.4 is 4.90 Å². The predicted molar refractivity (Wildman–Crippen MR) is 105 cm³/mol. The first kappa shape index (κ1) is 16.2. The van der Waals surface area contributed by atoms with Gasteiger partial charge in [-0.2, -0.15) is 0 Å². The number of nitrogens with zero attached hydrogens (tertiary/aromatic N) is 7. The SMILES string of the molecule is CCn1cnc2c(N3CCN(Cc4nc5ccccc5[nH]4)CC3)ncnc21. The summed E-state index contributed by atoms with van der Waals surface area (Å²) in [6.07, 6.45) is 3.49. The number of rotatable bonds is 4. The lowest BCUT2D eigenvalue weighted by molar-refractivity contribution is 0.244. The van der Waals surface area contributed by atoms with Gasteiger partial charge in [-0.25, -0.2) is 19.9 Å². The molecule has 1 aromatic carbocycles. The second-order valence-corrected chi connectivity index (χ2v) is 6.86. The van der Waals surface area contributed by atoms with Crippen molar-refractivity contribution >= 4 is 28.0 Å². The molecule has 0 amide bonds. The van der Waals surface area contributed by atoms with Crippen LogP contribution in [0.4, 0.5) is 5.82 Å². The number of fused-ring (bicyclic) bond motifs is 2. The molecule has 0 saturated carbocycles. The largest absolute Gasteiger partial charge is 0.352 e. The van der Waals surface area contributed by atoms with E-state index in [1.165, 1.54) is 0 Å². The summed E-state index contributed by atoms with van der Waals surface area (Å²) >= 11 is 0. The van der Waals surface area contributed by atoms with Crippen molar-refractivity contribution in [1.82, 2.24) is 34.4 Å². The number of para-hydroxylation sites is 2. The van der Waals surface area contributed by atoms with Crippen molar-refractivity contribution in [2.45, 2.75) is 20.0 Å². The first-order chi connectivity index (χ1) is 13.3. The molecule has 1 fully saturated rings. The Bertz CT molecular complexity index is 1040. The highest BCUT2D eigenvalue weighted by molar-refractivity contribution is 5.83. The van der Waals surface area contributed by atoms with Crippen LogP contribution in [0.2, 0.25) is 0 Å². The summed E-state index contributed by atoms with van der Waals surface area (Å²) < 4.78 is 2.05. The normalized spacial score (nSPS) is 15.8. The van der Waals surface area contributed by atoms with Crippen LogP contribution in [0.1, 0.15) is 12.7 Å². The van der Waals surface area contributed by atoms with E-state index >= 15 is 0 Å². The highest BCUT2D eigenvalue weighted by atomic mass is 15.3. The van der Waals surface area contributed by atoms with Gasteiger partial charge in [0, 0.05) is 32.7 Å². The maximum absolute atomic E-state index is 4.69. The minimum absolute atomic E-state index is 0.839. The summed E-state index contributed by atoms with van der Waals surface area (Å²) in [6, 6.07) is 8.17. The lowest BCUT2D eigenvalue weighted by atomic mass is 10.3. The minimum Gasteiger partial charge on any atom is -0.352 e. The first-order valence-electron chi connectivity index (χ1n) is 9.38. The molecule has 0 radical (unpaired) electrons. The highest BCUT2D eigenvalue weighted by Gasteiger charge is 2.22. The maximum atomic E-state index is 4.69. The Labute approximate surface area is 156 Å². The Balaban J connectivity index is 1.29. The second kappa shape index (κ2) is 6.62. The van der Waals surface area contributed by atoms with E-state index in [0.29, 0.717) is 0 Å². The van der Waals surface area contributed by atoms with Crippen molar-refractivity contribution in [2.24, 2.45) is 0 Å². The molecule has 4 heterocycles. The summed E-state index contributed by atoms with van der Waals surface area (Å²) in [6.45, 7) is 7.58. The van der Waals surface area contributed by atoms with E-state index in [9.17, 15) is 0 Å². The smallest absolute Gasteiger partial charge is 0.165 e. The number of piperazine rings is 1. The van der Waals surface area contributed by atoms with E-state index in [-0.39, 0.29) is 0 Å². The molecule has 0 aliphatic carbocycles. The molecule has 138 valence electrons. The third-order valence-electron chi connectivity index (χ3n) is 5.21. The van der Waals surface area contributed by atoms with Crippen molar-refractivity contribution in [3.8, 4) is 0 Å². The zero-order valence-electron chi connectivity index (χ0n) is 15.3. The molecule has 4 aromatic rings. The lowest BCUT2D eigenvalue weighted by Gasteiger charge is -2.34. The van der Waals surface area contributed by atoms with Gasteiger partial charge in [0.1, 0.15) is 12.2 Å². The van der Waals surface area contributed by atoms with Crippen molar-refractivity contribution in [2.75, 3.05) is 31.1 Å². The lowest BCUT2D eigenvalue weighted by Crippen LogP contribution is -2.46. The number of aromatic nitrogens is 6. The summed E-state index contributed by atoms with van der Waals surface area (Å²) in [7, 11) is 0. The number of H-pyrrole nitrogens is 1. The number of imidazole rings is 2.